The summed E-state index contributed by atoms with van der Waals surface area (Å²) in [5.74, 6) is 1.90. The number of hydrogen-bond acceptors (Lipinski definition) is 4. The van der Waals surface area contributed by atoms with Crippen LogP contribution < -0.4 is 14.8 Å². The van der Waals surface area contributed by atoms with Gasteiger partial charge < -0.3 is 19.9 Å². The molecule has 2 rings (SSSR count). The van der Waals surface area contributed by atoms with E-state index in [1.165, 1.54) is 0 Å². The molecule has 0 aliphatic rings. The summed E-state index contributed by atoms with van der Waals surface area (Å²) in [6.07, 6.45) is 3.16. The van der Waals surface area contributed by atoms with Crippen LogP contribution in [0.3, 0.4) is 0 Å². The number of hydrogen-bond donors (Lipinski definition) is 2. The van der Waals surface area contributed by atoms with Gasteiger partial charge in [-0.1, -0.05) is 31.0 Å². The second-order valence-electron chi connectivity index (χ2n) is 5.34. The lowest BCUT2D eigenvalue weighted by Gasteiger charge is -2.08. The highest BCUT2D eigenvalue weighted by molar-refractivity contribution is 5.70. The Hall–Kier alpha value is -2.53. The molecule has 0 aromatic heterocycles. The molecule has 0 saturated carbocycles. The SMILES string of the molecule is O=C(NCCCCCCO)Oc1ccc(Oc2ccccc2)cc1. The molecule has 0 aliphatic carbocycles. The van der Waals surface area contributed by atoms with Gasteiger partial charge >= 0.3 is 6.09 Å². The molecule has 0 heterocycles. The van der Waals surface area contributed by atoms with E-state index in [1.807, 2.05) is 30.3 Å². The van der Waals surface area contributed by atoms with Gasteiger partial charge in [0.2, 0.25) is 0 Å². The normalized spacial score (nSPS) is 10.2. The Kier molecular flexibility index (Phi) is 7.63. The Bertz CT molecular complexity index is 599. The van der Waals surface area contributed by atoms with E-state index in [-0.39, 0.29) is 6.61 Å². The number of nitrogens with one attached hydrogen (secondary N) is 1. The van der Waals surface area contributed by atoms with E-state index in [9.17, 15) is 4.79 Å². The molecule has 2 aromatic rings. The third kappa shape index (κ3) is 6.71. The van der Waals surface area contributed by atoms with Gasteiger partial charge in [-0.15, -0.1) is 0 Å². The second-order valence-corrected chi connectivity index (χ2v) is 5.34. The third-order valence-corrected chi connectivity index (χ3v) is 3.37. The Morgan fingerprint density at radius 2 is 1.46 bits per heavy atom. The number of carbonyl (C=O) groups excluding carboxylic acids is 1. The van der Waals surface area contributed by atoms with Crippen LogP contribution in [0, 0.1) is 0 Å². The average Bonchev–Trinajstić information content (AvgIpc) is 2.61. The van der Waals surface area contributed by atoms with Crippen LogP contribution in [0.2, 0.25) is 0 Å². The number of aliphatic hydroxyl groups excluding tert-OH is 1. The van der Waals surface area contributed by atoms with E-state index in [0.29, 0.717) is 18.0 Å². The first kappa shape index (κ1) is 17.8. The lowest BCUT2D eigenvalue weighted by molar-refractivity contribution is 0.200. The molecule has 0 radical (unpaired) electrons. The monoisotopic (exact) mass is 329 g/mol. The van der Waals surface area contributed by atoms with Gasteiger partial charge in [0.25, 0.3) is 0 Å². The highest BCUT2D eigenvalue weighted by Crippen LogP contribution is 2.23. The van der Waals surface area contributed by atoms with Crippen molar-refractivity contribution in [3.05, 3.63) is 54.6 Å². The van der Waals surface area contributed by atoms with E-state index in [2.05, 4.69) is 5.32 Å². The van der Waals surface area contributed by atoms with Gasteiger partial charge in [-0.25, -0.2) is 4.79 Å². The summed E-state index contributed by atoms with van der Waals surface area (Å²) < 4.78 is 10.9. The maximum absolute atomic E-state index is 11.7. The van der Waals surface area contributed by atoms with Crippen LogP contribution in [0.25, 0.3) is 0 Å². The zero-order valence-corrected chi connectivity index (χ0v) is 13.6. The van der Waals surface area contributed by atoms with Gasteiger partial charge in [0.15, 0.2) is 0 Å². The summed E-state index contributed by atoms with van der Waals surface area (Å²) in [6.45, 7) is 0.791. The Morgan fingerprint density at radius 1 is 0.833 bits per heavy atom. The molecule has 2 N–H and O–H groups in total. The fourth-order valence-electron chi connectivity index (χ4n) is 2.12. The molecule has 5 heteroatoms. The smallest absolute Gasteiger partial charge is 0.412 e. The molecule has 0 spiro atoms. The molecule has 0 aliphatic heterocycles. The first-order chi connectivity index (χ1) is 11.8. The maximum Gasteiger partial charge on any atom is 0.412 e. The molecular weight excluding hydrogens is 306 g/mol. The largest absolute Gasteiger partial charge is 0.457 e. The minimum atomic E-state index is -0.464. The van der Waals surface area contributed by atoms with Gasteiger partial charge in [0.05, 0.1) is 0 Å². The molecule has 0 saturated heterocycles. The van der Waals surface area contributed by atoms with Crippen molar-refractivity contribution in [3.63, 3.8) is 0 Å². The molecule has 24 heavy (non-hydrogen) atoms. The average molecular weight is 329 g/mol. The zero-order chi connectivity index (χ0) is 17.0. The van der Waals surface area contributed by atoms with E-state index < -0.39 is 6.09 Å². The number of ether oxygens (including phenoxy) is 2. The first-order valence-electron chi connectivity index (χ1n) is 8.17. The van der Waals surface area contributed by atoms with Crippen LogP contribution in [0.4, 0.5) is 4.79 Å². The van der Waals surface area contributed by atoms with Crippen LogP contribution >= 0.6 is 0 Å². The summed E-state index contributed by atoms with van der Waals surface area (Å²) in [6, 6.07) is 16.4. The van der Waals surface area contributed by atoms with E-state index in [0.717, 1.165) is 31.4 Å². The van der Waals surface area contributed by atoms with Crippen molar-refractivity contribution in [2.75, 3.05) is 13.2 Å². The van der Waals surface area contributed by atoms with Crippen LogP contribution in [-0.4, -0.2) is 24.4 Å². The predicted molar refractivity (Wildman–Crippen MR) is 92.5 cm³/mol. The van der Waals surface area contributed by atoms with Crippen molar-refractivity contribution in [2.45, 2.75) is 25.7 Å². The van der Waals surface area contributed by atoms with Gasteiger partial charge in [-0.3, -0.25) is 0 Å². The zero-order valence-electron chi connectivity index (χ0n) is 13.6. The van der Waals surface area contributed by atoms with Crippen molar-refractivity contribution >= 4 is 6.09 Å². The Labute approximate surface area is 142 Å². The number of amides is 1. The number of benzene rings is 2. The molecular formula is C19H23NO4. The summed E-state index contributed by atoms with van der Waals surface area (Å²) in [5.41, 5.74) is 0. The Balaban J connectivity index is 1.70. The molecule has 0 atom stereocenters. The second kappa shape index (κ2) is 10.3. The molecule has 5 nitrogen and oxygen atoms in total. The van der Waals surface area contributed by atoms with E-state index in [4.69, 9.17) is 14.6 Å². The number of unbranched alkanes of at least 4 members (excludes halogenated alkanes) is 3. The van der Waals surface area contributed by atoms with Crippen LogP contribution in [-0.2, 0) is 0 Å². The van der Waals surface area contributed by atoms with Crippen molar-refractivity contribution in [1.29, 1.82) is 0 Å². The maximum atomic E-state index is 11.7. The highest BCUT2D eigenvalue weighted by atomic mass is 16.6. The summed E-state index contributed by atoms with van der Waals surface area (Å²) in [5, 5.41) is 11.4. The number of carbonyl (C=O) groups is 1. The lowest BCUT2D eigenvalue weighted by Crippen LogP contribution is -2.27. The third-order valence-electron chi connectivity index (χ3n) is 3.37. The van der Waals surface area contributed by atoms with Gasteiger partial charge in [-0.05, 0) is 49.2 Å². The lowest BCUT2D eigenvalue weighted by atomic mass is 10.2. The summed E-state index contributed by atoms with van der Waals surface area (Å²) in [4.78, 5) is 11.7. The fraction of sp³-hybridized carbons (Fsp3) is 0.316. The molecule has 128 valence electrons. The summed E-state index contributed by atoms with van der Waals surface area (Å²) in [7, 11) is 0. The van der Waals surface area contributed by atoms with Crippen molar-refractivity contribution in [3.8, 4) is 17.2 Å². The molecule has 0 fully saturated rings. The molecule has 1 amide bonds. The molecule has 2 aromatic carbocycles. The van der Waals surface area contributed by atoms with Crippen LogP contribution in [0.5, 0.6) is 17.2 Å². The van der Waals surface area contributed by atoms with E-state index >= 15 is 0 Å². The minimum Gasteiger partial charge on any atom is -0.457 e. The summed E-state index contributed by atoms with van der Waals surface area (Å²) >= 11 is 0. The van der Waals surface area contributed by atoms with E-state index in [1.54, 1.807) is 24.3 Å². The van der Waals surface area contributed by atoms with Gasteiger partial charge in [0, 0.05) is 13.2 Å². The molecule has 0 bridgehead atoms. The van der Waals surface area contributed by atoms with Crippen molar-refractivity contribution in [1.82, 2.24) is 5.32 Å². The van der Waals surface area contributed by atoms with Crippen molar-refractivity contribution in [2.24, 2.45) is 0 Å². The number of para-hydroxylation sites is 1. The Morgan fingerprint density at radius 3 is 2.17 bits per heavy atom. The van der Waals surface area contributed by atoms with Gasteiger partial charge in [0.1, 0.15) is 17.2 Å². The topological polar surface area (TPSA) is 67.8 Å². The quantitative estimate of drug-likeness (QED) is 0.679. The fourth-order valence-corrected chi connectivity index (χ4v) is 2.12. The predicted octanol–water partition coefficient (Wildman–Crippen LogP) is 4.12. The molecule has 0 unspecified atom stereocenters. The highest BCUT2D eigenvalue weighted by Gasteiger charge is 2.04. The number of rotatable bonds is 9. The first-order valence-corrected chi connectivity index (χ1v) is 8.17. The standard InChI is InChI=1S/C19H23NO4/c21-15-7-2-1-6-14-20-19(22)24-18-12-10-17(11-13-18)23-16-8-4-3-5-9-16/h3-5,8-13,21H,1-2,6-7,14-15H2,(H,20,22). The van der Waals surface area contributed by atoms with Crippen molar-refractivity contribution < 1.29 is 19.4 Å². The minimum absolute atomic E-state index is 0.222. The van der Waals surface area contributed by atoms with Crippen LogP contribution in [0.1, 0.15) is 25.7 Å². The number of aliphatic hydroxyl groups is 1. The van der Waals surface area contributed by atoms with Gasteiger partial charge in [-0.2, -0.15) is 0 Å². The van der Waals surface area contributed by atoms with Crippen LogP contribution in [0.15, 0.2) is 54.6 Å².